The minimum atomic E-state index is -0.479. The lowest BCUT2D eigenvalue weighted by Gasteiger charge is -2.32. The predicted octanol–water partition coefficient (Wildman–Crippen LogP) is 2.68. The Morgan fingerprint density at radius 1 is 1.25 bits per heavy atom. The van der Waals surface area contributed by atoms with E-state index in [2.05, 4.69) is 28.4 Å². The van der Waals surface area contributed by atoms with Crippen LogP contribution < -0.4 is 10.1 Å². The lowest BCUT2D eigenvalue weighted by atomic mass is 9.94. The van der Waals surface area contributed by atoms with Crippen LogP contribution >= 0.6 is 0 Å². The molecule has 0 saturated heterocycles. The highest BCUT2D eigenvalue weighted by molar-refractivity contribution is 5.33. The van der Waals surface area contributed by atoms with Gasteiger partial charge in [0.2, 0.25) is 0 Å². The molecule has 6 nitrogen and oxygen atoms in total. The van der Waals surface area contributed by atoms with Gasteiger partial charge in [0.05, 0.1) is 6.54 Å². The standard InChI is InChI=1S/C22H34N4O2/c1-25(20-9-3-2-4-10-20)17-21(27)18-28-22-11-6-5-8-19(22)16-23-13-15-26-14-7-12-24-26/h5-8,11-12,14,20-21,23,27H,2-4,9-10,13,15-18H2,1H3. The van der Waals surface area contributed by atoms with E-state index in [1.54, 1.807) is 6.20 Å². The minimum Gasteiger partial charge on any atom is -0.491 e. The van der Waals surface area contributed by atoms with Crippen molar-refractivity contribution < 1.29 is 9.84 Å². The van der Waals surface area contributed by atoms with Crippen molar-refractivity contribution in [3.8, 4) is 5.75 Å². The van der Waals surface area contributed by atoms with Crippen LogP contribution in [-0.2, 0) is 13.1 Å². The van der Waals surface area contributed by atoms with Crippen molar-refractivity contribution in [3.63, 3.8) is 0 Å². The third kappa shape index (κ3) is 6.62. The first-order valence-corrected chi connectivity index (χ1v) is 10.5. The summed E-state index contributed by atoms with van der Waals surface area (Å²) >= 11 is 0. The third-order valence-electron chi connectivity index (χ3n) is 5.49. The summed E-state index contributed by atoms with van der Waals surface area (Å²) in [5.41, 5.74) is 1.11. The second-order valence-electron chi connectivity index (χ2n) is 7.75. The van der Waals surface area contributed by atoms with Gasteiger partial charge in [0.1, 0.15) is 18.5 Å². The highest BCUT2D eigenvalue weighted by atomic mass is 16.5. The molecule has 0 amide bonds. The first kappa shape index (κ1) is 20.8. The van der Waals surface area contributed by atoms with E-state index in [0.717, 1.165) is 30.9 Å². The number of aromatic nitrogens is 2. The van der Waals surface area contributed by atoms with E-state index in [1.165, 1.54) is 32.1 Å². The summed E-state index contributed by atoms with van der Waals surface area (Å²) in [6.07, 6.45) is 9.74. The molecule has 1 saturated carbocycles. The summed E-state index contributed by atoms with van der Waals surface area (Å²) in [6.45, 7) is 3.39. The molecule has 0 bridgehead atoms. The van der Waals surface area contributed by atoms with Crippen molar-refractivity contribution >= 4 is 0 Å². The Bertz CT molecular complexity index is 671. The normalized spacial score (nSPS) is 16.4. The molecule has 3 rings (SSSR count). The molecule has 0 aliphatic heterocycles. The molecule has 154 valence electrons. The smallest absolute Gasteiger partial charge is 0.123 e. The number of ether oxygens (including phenoxy) is 1. The van der Waals surface area contributed by atoms with E-state index < -0.39 is 6.10 Å². The lowest BCUT2D eigenvalue weighted by Crippen LogP contribution is -2.40. The Morgan fingerprint density at radius 2 is 2.07 bits per heavy atom. The maximum absolute atomic E-state index is 10.4. The van der Waals surface area contributed by atoms with Crippen LogP contribution in [0, 0.1) is 0 Å². The van der Waals surface area contributed by atoms with Crippen LogP contribution in [0.1, 0.15) is 37.7 Å². The molecule has 1 atom stereocenters. The van der Waals surface area contributed by atoms with Crippen LogP contribution in [0.2, 0.25) is 0 Å². The second kappa shape index (κ2) is 11.2. The molecule has 1 heterocycles. The van der Waals surface area contributed by atoms with Gasteiger partial charge in [-0.05, 0) is 32.0 Å². The number of nitrogens with one attached hydrogen (secondary N) is 1. The van der Waals surface area contributed by atoms with E-state index in [9.17, 15) is 5.11 Å². The monoisotopic (exact) mass is 386 g/mol. The average Bonchev–Trinajstić information content (AvgIpc) is 3.24. The fourth-order valence-corrected chi connectivity index (χ4v) is 3.88. The molecular formula is C22H34N4O2. The van der Waals surface area contributed by atoms with Gasteiger partial charge in [0.15, 0.2) is 0 Å². The molecule has 1 fully saturated rings. The molecule has 6 heteroatoms. The zero-order valence-electron chi connectivity index (χ0n) is 17.0. The summed E-state index contributed by atoms with van der Waals surface area (Å²) in [4.78, 5) is 2.30. The highest BCUT2D eigenvalue weighted by Crippen LogP contribution is 2.22. The van der Waals surface area contributed by atoms with Crippen molar-refractivity contribution in [1.29, 1.82) is 0 Å². The largest absolute Gasteiger partial charge is 0.491 e. The fourth-order valence-electron chi connectivity index (χ4n) is 3.88. The van der Waals surface area contributed by atoms with E-state index in [0.29, 0.717) is 19.2 Å². The average molecular weight is 387 g/mol. The molecule has 1 aliphatic rings. The topological polar surface area (TPSA) is 62.6 Å². The number of aliphatic hydroxyl groups is 1. The predicted molar refractivity (Wildman–Crippen MR) is 111 cm³/mol. The molecular weight excluding hydrogens is 352 g/mol. The Kier molecular flexibility index (Phi) is 8.33. The van der Waals surface area contributed by atoms with Crippen molar-refractivity contribution in [2.75, 3.05) is 26.7 Å². The molecule has 1 unspecified atom stereocenters. The first-order valence-electron chi connectivity index (χ1n) is 10.5. The summed E-state index contributed by atoms with van der Waals surface area (Å²) in [5, 5.41) is 18.1. The number of aliphatic hydroxyl groups excluding tert-OH is 1. The maximum atomic E-state index is 10.4. The number of nitrogens with zero attached hydrogens (tertiary/aromatic N) is 3. The van der Waals surface area contributed by atoms with Crippen LogP contribution in [0.5, 0.6) is 5.75 Å². The summed E-state index contributed by atoms with van der Waals surface area (Å²) in [5.74, 6) is 0.841. The van der Waals surface area contributed by atoms with Crippen LogP contribution in [0.25, 0.3) is 0 Å². The quantitative estimate of drug-likeness (QED) is 0.582. The van der Waals surface area contributed by atoms with Gasteiger partial charge in [0.25, 0.3) is 0 Å². The van der Waals surface area contributed by atoms with Gasteiger partial charge >= 0.3 is 0 Å². The van der Waals surface area contributed by atoms with Crippen LogP contribution in [-0.4, -0.2) is 58.7 Å². The Labute approximate surface area is 168 Å². The molecule has 0 radical (unpaired) electrons. The maximum Gasteiger partial charge on any atom is 0.123 e. The molecule has 1 aromatic heterocycles. The van der Waals surface area contributed by atoms with Crippen molar-refractivity contribution in [2.45, 2.75) is 57.3 Å². The van der Waals surface area contributed by atoms with E-state index in [-0.39, 0.29) is 0 Å². The Balaban J connectivity index is 1.40. The van der Waals surface area contributed by atoms with Gasteiger partial charge in [-0.3, -0.25) is 4.68 Å². The van der Waals surface area contributed by atoms with Crippen LogP contribution in [0.15, 0.2) is 42.7 Å². The number of hydrogen-bond donors (Lipinski definition) is 2. The molecule has 1 aliphatic carbocycles. The first-order chi connectivity index (χ1) is 13.7. The molecule has 0 spiro atoms. The van der Waals surface area contributed by atoms with Gasteiger partial charge in [-0.2, -0.15) is 5.10 Å². The van der Waals surface area contributed by atoms with Gasteiger partial charge in [-0.25, -0.2) is 0 Å². The molecule has 2 aromatic rings. The molecule has 1 aromatic carbocycles. The van der Waals surface area contributed by atoms with E-state index in [1.807, 2.05) is 35.1 Å². The van der Waals surface area contributed by atoms with Crippen LogP contribution in [0.4, 0.5) is 0 Å². The Hall–Kier alpha value is -1.89. The lowest BCUT2D eigenvalue weighted by molar-refractivity contribution is 0.0558. The molecule has 28 heavy (non-hydrogen) atoms. The number of hydrogen-bond acceptors (Lipinski definition) is 5. The summed E-state index contributed by atoms with van der Waals surface area (Å²) in [7, 11) is 2.12. The van der Waals surface area contributed by atoms with Gasteiger partial charge < -0.3 is 20.1 Å². The number of para-hydroxylation sites is 1. The van der Waals surface area contributed by atoms with Crippen molar-refractivity contribution in [2.24, 2.45) is 0 Å². The van der Waals surface area contributed by atoms with Crippen LogP contribution in [0.3, 0.4) is 0 Å². The summed E-state index contributed by atoms with van der Waals surface area (Å²) < 4.78 is 7.87. The third-order valence-corrected chi connectivity index (χ3v) is 5.49. The van der Waals surface area contributed by atoms with E-state index in [4.69, 9.17) is 4.74 Å². The van der Waals surface area contributed by atoms with E-state index >= 15 is 0 Å². The zero-order valence-corrected chi connectivity index (χ0v) is 17.0. The zero-order chi connectivity index (χ0) is 19.6. The molecule has 2 N–H and O–H groups in total. The SMILES string of the molecule is CN(CC(O)COc1ccccc1CNCCn1cccn1)C1CCCCC1. The minimum absolute atomic E-state index is 0.321. The van der Waals surface area contributed by atoms with Gasteiger partial charge in [0, 0.05) is 43.6 Å². The van der Waals surface area contributed by atoms with Gasteiger partial charge in [-0.15, -0.1) is 0 Å². The second-order valence-corrected chi connectivity index (χ2v) is 7.75. The summed E-state index contributed by atoms with van der Waals surface area (Å²) in [6, 6.07) is 10.6. The number of rotatable bonds is 11. The highest BCUT2D eigenvalue weighted by Gasteiger charge is 2.20. The Morgan fingerprint density at radius 3 is 2.86 bits per heavy atom. The van der Waals surface area contributed by atoms with Crippen molar-refractivity contribution in [1.82, 2.24) is 20.0 Å². The van der Waals surface area contributed by atoms with Crippen molar-refractivity contribution in [3.05, 3.63) is 48.3 Å². The fraction of sp³-hybridized carbons (Fsp3) is 0.591. The number of likely N-dealkylation sites (N-methyl/N-ethyl adjacent to an activating group) is 1. The number of benzene rings is 1. The van der Waals surface area contributed by atoms with Gasteiger partial charge in [-0.1, -0.05) is 37.5 Å².